The molecular weight excluding hydrogens is 355 g/mol. The van der Waals surface area contributed by atoms with Gasteiger partial charge in [0.2, 0.25) is 11.6 Å². The monoisotopic (exact) mass is 375 g/mol. The summed E-state index contributed by atoms with van der Waals surface area (Å²) in [6.07, 6.45) is 2.14. The second-order valence-corrected chi connectivity index (χ2v) is 7.39. The third kappa shape index (κ3) is 3.19. The number of halogens is 3. The highest BCUT2D eigenvalue weighted by Gasteiger charge is 2.49. The molecule has 4 nitrogen and oxygen atoms in total. The lowest BCUT2D eigenvalue weighted by atomic mass is 9.97. The van der Waals surface area contributed by atoms with Gasteiger partial charge in [-0.15, -0.1) is 5.10 Å². The number of carbonyl (C=O) groups is 1. The smallest absolute Gasteiger partial charge is 0.290 e. The Bertz CT molecular complexity index is 906. The molecule has 1 aliphatic heterocycles. The molecular formula is C20H20F3N3O. The van der Waals surface area contributed by atoms with Crippen LogP contribution in [0.2, 0.25) is 0 Å². The highest BCUT2D eigenvalue weighted by atomic mass is 19.3. The van der Waals surface area contributed by atoms with Gasteiger partial charge in [0.25, 0.3) is 0 Å². The van der Waals surface area contributed by atoms with Gasteiger partial charge in [-0.05, 0) is 18.4 Å². The number of alkyl halides is 3. The Kier molecular flexibility index (Phi) is 4.20. The lowest BCUT2D eigenvalue weighted by molar-refractivity contribution is -0.00883. The van der Waals surface area contributed by atoms with Crippen molar-refractivity contribution in [3.8, 4) is 0 Å². The quantitative estimate of drug-likeness (QED) is 0.558. The summed E-state index contributed by atoms with van der Waals surface area (Å²) in [6.45, 7) is 1.77. The number of hydrogen-bond donors (Lipinski definition) is 0. The maximum Gasteiger partial charge on any atom is 0.308 e. The first-order valence-electron chi connectivity index (χ1n) is 9.11. The van der Waals surface area contributed by atoms with E-state index in [2.05, 4.69) is 10.1 Å². The average molecular weight is 375 g/mol. The van der Waals surface area contributed by atoms with Crippen LogP contribution >= 0.6 is 0 Å². The zero-order chi connectivity index (χ0) is 19.2. The first kappa shape index (κ1) is 17.9. The fourth-order valence-electron chi connectivity index (χ4n) is 3.83. The maximum absolute atomic E-state index is 14.4. The van der Waals surface area contributed by atoms with Gasteiger partial charge in [-0.1, -0.05) is 48.9 Å². The lowest BCUT2D eigenvalue weighted by Gasteiger charge is -2.16. The Morgan fingerprint density at radius 1 is 1.26 bits per heavy atom. The third-order valence-corrected chi connectivity index (χ3v) is 5.46. The molecule has 2 aliphatic rings. The number of rotatable bonds is 5. The number of fused-ring (bicyclic) bond motifs is 1. The molecule has 4 rings (SSSR count). The van der Waals surface area contributed by atoms with E-state index < -0.39 is 35.7 Å². The average Bonchev–Trinajstić information content (AvgIpc) is 3.31. The van der Waals surface area contributed by atoms with Gasteiger partial charge in [-0.3, -0.25) is 4.79 Å². The van der Waals surface area contributed by atoms with E-state index in [4.69, 9.17) is 0 Å². The van der Waals surface area contributed by atoms with E-state index in [1.54, 1.807) is 37.3 Å². The topological polar surface area (TPSA) is 47.8 Å². The van der Waals surface area contributed by atoms with Crippen LogP contribution in [-0.4, -0.2) is 26.2 Å². The van der Waals surface area contributed by atoms with Crippen molar-refractivity contribution >= 4 is 5.78 Å². The van der Waals surface area contributed by atoms with E-state index in [0.29, 0.717) is 17.6 Å². The van der Waals surface area contributed by atoms with Gasteiger partial charge >= 0.3 is 5.92 Å². The summed E-state index contributed by atoms with van der Waals surface area (Å²) in [5.74, 6) is -4.30. The summed E-state index contributed by atoms with van der Waals surface area (Å²) in [7, 11) is 0. The standard InChI is InChI=1S/C20H20F3N3O/c1-2-19(21)9-8-13(11-19)10-16(27)17-24-18-20(22,23)12-15(26(18)25-17)14-6-4-3-5-7-14/h3-8,15H,2,9-12H2,1H3. The third-order valence-electron chi connectivity index (χ3n) is 5.46. The number of aromatic nitrogens is 3. The summed E-state index contributed by atoms with van der Waals surface area (Å²) >= 11 is 0. The number of Topliss-reactive ketones (excluding diaryl/α,β-unsaturated/α-hetero) is 1. The number of ketones is 1. The van der Waals surface area contributed by atoms with Crippen LogP contribution in [0.1, 0.15) is 67.1 Å². The fraction of sp³-hybridized carbons (Fsp3) is 0.450. The largest absolute Gasteiger partial charge is 0.308 e. The Balaban J connectivity index is 1.57. The molecule has 0 N–H and O–H groups in total. The van der Waals surface area contributed by atoms with Crippen molar-refractivity contribution in [3.05, 3.63) is 59.2 Å². The zero-order valence-corrected chi connectivity index (χ0v) is 15.0. The number of nitrogens with zero attached hydrogens (tertiary/aromatic N) is 3. The lowest BCUT2D eigenvalue weighted by Crippen LogP contribution is -2.17. The van der Waals surface area contributed by atoms with Gasteiger partial charge in [-0.25, -0.2) is 14.1 Å². The second-order valence-electron chi connectivity index (χ2n) is 7.39. The molecule has 2 heterocycles. The van der Waals surface area contributed by atoms with Crippen LogP contribution in [0.15, 0.2) is 42.0 Å². The van der Waals surface area contributed by atoms with E-state index in [-0.39, 0.29) is 25.1 Å². The van der Waals surface area contributed by atoms with E-state index in [1.165, 1.54) is 0 Å². The van der Waals surface area contributed by atoms with Gasteiger partial charge in [0.1, 0.15) is 5.67 Å². The van der Waals surface area contributed by atoms with Gasteiger partial charge in [0.05, 0.1) is 6.04 Å². The number of carbonyl (C=O) groups excluding carboxylic acids is 1. The first-order chi connectivity index (χ1) is 12.8. The minimum absolute atomic E-state index is 0.0311. The second kappa shape index (κ2) is 6.32. The molecule has 0 fully saturated rings. The normalized spacial score (nSPS) is 26.1. The molecule has 0 saturated carbocycles. The summed E-state index contributed by atoms with van der Waals surface area (Å²) in [5.41, 5.74) is 0.0823. The van der Waals surface area contributed by atoms with Crippen molar-refractivity contribution < 1.29 is 18.0 Å². The molecule has 2 unspecified atom stereocenters. The van der Waals surface area contributed by atoms with Crippen molar-refractivity contribution in [1.29, 1.82) is 0 Å². The summed E-state index contributed by atoms with van der Waals surface area (Å²) in [6, 6.07) is 8.22. The minimum Gasteiger partial charge on any atom is -0.290 e. The molecule has 1 aliphatic carbocycles. The Morgan fingerprint density at radius 2 is 2.00 bits per heavy atom. The van der Waals surface area contributed by atoms with Crippen molar-refractivity contribution in [1.82, 2.24) is 14.8 Å². The minimum atomic E-state index is -3.14. The summed E-state index contributed by atoms with van der Waals surface area (Å²) < 4.78 is 44.3. The zero-order valence-electron chi connectivity index (χ0n) is 15.0. The highest BCUT2D eigenvalue weighted by Crippen LogP contribution is 2.45. The van der Waals surface area contributed by atoms with Gasteiger partial charge in [0.15, 0.2) is 5.82 Å². The number of benzene rings is 1. The molecule has 1 aromatic heterocycles. The molecule has 0 saturated heterocycles. The molecule has 0 spiro atoms. The predicted molar refractivity (Wildman–Crippen MR) is 93.5 cm³/mol. The number of allylic oxidation sites excluding steroid dienone is 2. The highest BCUT2D eigenvalue weighted by molar-refractivity contribution is 5.94. The van der Waals surface area contributed by atoms with Crippen LogP contribution in [0.5, 0.6) is 0 Å². The van der Waals surface area contributed by atoms with Crippen molar-refractivity contribution in [3.63, 3.8) is 0 Å². The molecule has 142 valence electrons. The van der Waals surface area contributed by atoms with Crippen molar-refractivity contribution in [2.75, 3.05) is 0 Å². The van der Waals surface area contributed by atoms with E-state index in [9.17, 15) is 18.0 Å². The molecule has 0 amide bonds. The van der Waals surface area contributed by atoms with E-state index in [0.717, 1.165) is 4.68 Å². The fourth-order valence-corrected chi connectivity index (χ4v) is 3.83. The Morgan fingerprint density at radius 3 is 2.67 bits per heavy atom. The molecule has 27 heavy (non-hydrogen) atoms. The Hall–Kier alpha value is -2.44. The summed E-state index contributed by atoms with van der Waals surface area (Å²) in [4.78, 5) is 16.4. The van der Waals surface area contributed by atoms with E-state index in [1.807, 2.05) is 6.07 Å². The van der Waals surface area contributed by atoms with Gasteiger partial charge in [-0.2, -0.15) is 8.78 Å². The van der Waals surface area contributed by atoms with Crippen LogP contribution in [0.3, 0.4) is 0 Å². The Labute approximate surface area is 155 Å². The molecule has 0 radical (unpaired) electrons. The molecule has 0 bridgehead atoms. The predicted octanol–water partition coefficient (Wildman–Crippen LogP) is 4.77. The molecule has 7 heteroatoms. The molecule has 1 aromatic carbocycles. The molecule has 2 atom stereocenters. The van der Waals surface area contributed by atoms with Crippen LogP contribution < -0.4 is 0 Å². The van der Waals surface area contributed by atoms with E-state index >= 15 is 0 Å². The van der Waals surface area contributed by atoms with Crippen LogP contribution in [0.4, 0.5) is 13.2 Å². The first-order valence-corrected chi connectivity index (χ1v) is 9.11. The number of hydrogen-bond acceptors (Lipinski definition) is 3. The summed E-state index contributed by atoms with van der Waals surface area (Å²) in [5, 5.41) is 4.10. The SMILES string of the molecule is CCC1(F)CC=C(CC(=O)c2nc3n(n2)C(c2ccccc2)CC3(F)F)C1. The maximum atomic E-state index is 14.4. The van der Waals surface area contributed by atoms with Crippen LogP contribution in [-0.2, 0) is 5.92 Å². The van der Waals surface area contributed by atoms with Crippen LogP contribution in [0.25, 0.3) is 0 Å². The van der Waals surface area contributed by atoms with Crippen molar-refractivity contribution in [2.45, 2.75) is 56.7 Å². The van der Waals surface area contributed by atoms with Gasteiger partial charge < -0.3 is 0 Å². The van der Waals surface area contributed by atoms with Crippen molar-refractivity contribution in [2.24, 2.45) is 0 Å². The molecule has 2 aromatic rings. The van der Waals surface area contributed by atoms with Crippen LogP contribution in [0, 0.1) is 0 Å². The van der Waals surface area contributed by atoms with Gasteiger partial charge in [0, 0.05) is 19.3 Å².